The van der Waals surface area contributed by atoms with Crippen LogP contribution < -0.4 is 10.8 Å². The van der Waals surface area contributed by atoms with Gasteiger partial charge in [0.1, 0.15) is 18.7 Å². The summed E-state index contributed by atoms with van der Waals surface area (Å²) in [7, 11) is 7.30. The lowest BCUT2D eigenvalue weighted by molar-refractivity contribution is 0.636. The maximum atomic E-state index is 13.1. The van der Waals surface area contributed by atoms with Crippen LogP contribution in [0.2, 0.25) is 0 Å². The van der Waals surface area contributed by atoms with Gasteiger partial charge in [-0.25, -0.2) is 9.38 Å². The molecule has 1 heterocycles. The summed E-state index contributed by atoms with van der Waals surface area (Å²) in [6.45, 7) is 0. The average molecular weight is 292 g/mol. The molecule has 0 saturated heterocycles. The third-order valence-corrected chi connectivity index (χ3v) is 3.53. The standard InChI is InChI=1S/C11H10BFN4S2/c1-14-10-9(16-19-17-10)11(18-2)15-6-3-4-8(13)7(12)5-6/h3-5H,1-2H3,(H,14,17). The van der Waals surface area contributed by atoms with E-state index in [1.54, 1.807) is 13.1 Å². The molecule has 0 bridgehead atoms. The third-order valence-electron chi connectivity index (χ3n) is 2.33. The van der Waals surface area contributed by atoms with Gasteiger partial charge in [0.05, 0.1) is 17.4 Å². The summed E-state index contributed by atoms with van der Waals surface area (Å²) in [5.74, 6) is 0.226. The van der Waals surface area contributed by atoms with Crippen molar-refractivity contribution in [1.82, 2.24) is 8.75 Å². The summed E-state index contributed by atoms with van der Waals surface area (Å²) in [6.07, 6.45) is 1.89. The molecule has 0 aliphatic carbocycles. The van der Waals surface area contributed by atoms with Crippen LogP contribution in [0.25, 0.3) is 0 Å². The van der Waals surface area contributed by atoms with E-state index >= 15 is 0 Å². The van der Waals surface area contributed by atoms with Gasteiger partial charge in [-0.3, -0.25) is 0 Å². The van der Waals surface area contributed by atoms with Crippen molar-refractivity contribution in [1.29, 1.82) is 0 Å². The van der Waals surface area contributed by atoms with Crippen molar-refractivity contribution in [2.24, 2.45) is 4.99 Å². The van der Waals surface area contributed by atoms with Crippen molar-refractivity contribution >= 4 is 53.3 Å². The Morgan fingerprint density at radius 1 is 1.47 bits per heavy atom. The first kappa shape index (κ1) is 14.0. The summed E-state index contributed by atoms with van der Waals surface area (Å²) >= 11 is 2.55. The summed E-state index contributed by atoms with van der Waals surface area (Å²) in [5.41, 5.74) is 1.34. The second-order valence-electron chi connectivity index (χ2n) is 3.54. The van der Waals surface area contributed by atoms with E-state index in [9.17, 15) is 4.39 Å². The van der Waals surface area contributed by atoms with Crippen LogP contribution in [0.3, 0.4) is 0 Å². The Hall–Kier alpha value is -1.41. The lowest BCUT2D eigenvalue weighted by Gasteiger charge is -2.03. The lowest BCUT2D eigenvalue weighted by Crippen LogP contribution is -2.07. The van der Waals surface area contributed by atoms with Gasteiger partial charge in [-0.05, 0) is 24.5 Å². The molecule has 0 amide bonds. The first-order valence-corrected chi connectivity index (χ1v) is 7.29. The predicted octanol–water partition coefficient (Wildman–Crippen LogP) is 1.95. The fourth-order valence-corrected chi connectivity index (χ4v) is 2.55. The van der Waals surface area contributed by atoms with E-state index in [1.807, 2.05) is 6.26 Å². The highest BCUT2D eigenvalue weighted by molar-refractivity contribution is 8.13. The van der Waals surface area contributed by atoms with Gasteiger partial charge in [0.15, 0.2) is 11.5 Å². The Morgan fingerprint density at radius 3 is 2.89 bits per heavy atom. The number of nitrogens with zero attached hydrogens (tertiary/aromatic N) is 3. The zero-order chi connectivity index (χ0) is 13.8. The zero-order valence-electron chi connectivity index (χ0n) is 10.3. The van der Waals surface area contributed by atoms with Crippen LogP contribution in [0.1, 0.15) is 5.69 Å². The molecule has 1 aromatic carbocycles. The summed E-state index contributed by atoms with van der Waals surface area (Å²) in [4.78, 5) is 4.43. The number of aliphatic imine (C=N–C) groups is 1. The highest BCUT2D eigenvalue weighted by atomic mass is 32.2. The lowest BCUT2D eigenvalue weighted by atomic mass is 9.95. The Bertz CT molecular complexity index is 614. The molecule has 0 spiro atoms. The minimum atomic E-state index is -0.448. The highest BCUT2D eigenvalue weighted by Gasteiger charge is 2.13. The molecule has 4 nitrogen and oxygen atoms in total. The van der Waals surface area contributed by atoms with Crippen LogP contribution >= 0.6 is 23.5 Å². The summed E-state index contributed by atoms with van der Waals surface area (Å²) in [6, 6.07) is 4.36. The topological polar surface area (TPSA) is 50.2 Å². The first-order valence-electron chi connectivity index (χ1n) is 5.34. The number of hydrogen-bond acceptors (Lipinski definition) is 6. The number of nitrogens with one attached hydrogen (secondary N) is 1. The fourth-order valence-electron chi connectivity index (χ4n) is 1.41. The van der Waals surface area contributed by atoms with Crippen molar-refractivity contribution in [2.75, 3.05) is 18.6 Å². The van der Waals surface area contributed by atoms with Gasteiger partial charge < -0.3 is 5.32 Å². The summed E-state index contributed by atoms with van der Waals surface area (Å²) < 4.78 is 21.4. The molecule has 96 valence electrons. The molecular weight excluding hydrogens is 282 g/mol. The summed E-state index contributed by atoms with van der Waals surface area (Å²) in [5, 5.41) is 3.65. The Kier molecular flexibility index (Phi) is 4.54. The molecule has 2 rings (SSSR count). The second-order valence-corrected chi connectivity index (χ2v) is 4.86. The van der Waals surface area contributed by atoms with Crippen molar-refractivity contribution in [3.05, 3.63) is 29.7 Å². The molecule has 1 aromatic heterocycles. The monoisotopic (exact) mass is 292 g/mol. The maximum Gasteiger partial charge on any atom is 0.170 e. The molecule has 1 N–H and O–H groups in total. The molecule has 0 unspecified atom stereocenters. The highest BCUT2D eigenvalue weighted by Crippen LogP contribution is 2.22. The quantitative estimate of drug-likeness (QED) is 0.534. The van der Waals surface area contributed by atoms with Gasteiger partial charge in [0.25, 0.3) is 0 Å². The molecule has 0 fully saturated rings. The molecule has 2 radical (unpaired) electrons. The molecular formula is C11H10BFN4S2. The number of halogens is 1. The number of rotatable bonds is 3. The van der Waals surface area contributed by atoms with E-state index in [4.69, 9.17) is 7.85 Å². The minimum absolute atomic E-state index is 0.0759. The number of anilines is 1. The molecule has 19 heavy (non-hydrogen) atoms. The van der Waals surface area contributed by atoms with Crippen LogP contribution in [0.4, 0.5) is 15.9 Å². The molecule has 0 saturated carbocycles. The van der Waals surface area contributed by atoms with Crippen LogP contribution in [-0.2, 0) is 0 Å². The first-order chi connectivity index (χ1) is 9.15. The second kappa shape index (κ2) is 6.16. The average Bonchev–Trinajstić information content (AvgIpc) is 2.88. The minimum Gasteiger partial charge on any atom is -0.370 e. The van der Waals surface area contributed by atoms with Crippen LogP contribution in [0.15, 0.2) is 23.2 Å². The number of hydrogen-bond donors (Lipinski definition) is 1. The number of benzene rings is 1. The third kappa shape index (κ3) is 3.13. The van der Waals surface area contributed by atoms with Crippen LogP contribution in [0, 0.1) is 5.82 Å². The maximum absolute atomic E-state index is 13.1. The molecule has 8 heteroatoms. The van der Waals surface area contributed by atoms with E-state index in [1.165, 1.54) is 23.9 Å². The number of thioether (sulfide) groups is 1. The van der Waals surface area contributed by atoms with E-state index in [0.29, 0.717) is 22.2 Å². The largest absolute Gasteiger partial charge is 0.370 e. The van der Waals surface area contributed by atoms with Gasteiger partial charge in [-0.2, -0.15) is 8.75 Å². The van der Waals surface area contributed by atoms with Crippen molar-refractivity contribution in [2.45, 2.75) is 0 Å². The molecule has 0 atom stereocenters. The fraction of sp³-hybridized carbons (Fsp3) is 0.182. The normalized spacial score (nSPS) is 11.6. The number of aromatic nitrogens is 2. The van der Waals surface area contributed by atoms with Crippen LogP contribution in [0.5, 0.6) is 0 Å². The SMILES string of the molecule is [B]c1cc(N=C(SC)c2nsnc2NC)ccc1F. The van der Waals surface area contributed by atoms with Crippen molar-refractivity contribution in [3.8, 4) is 0 Å². The zero-order valence-corrected chi connectivity index (χ0v) is 12.0. The van der Waals surface area contributed by atoms with Gasteiger partial charge >= 0.3 is 0 Å². The van der Waals surface area contributed by atoms with E-state index in [-0.39, 0.29) is 5.46 Å². The van der Waals surface area contributed by atoms with Crippen molar-refractivity contribution in [3.63, 3.8) is 0 Å². The van der Waals surface area contributed by atoms with Gasteiger partial charge in [0, 0.05) is 7.05 Å². The molecule has 0 aliphatic heterocycles. The van der Waals surface area contributed by atoms with E-state index in [0.717, 1.165) is 11.7 Å². The Labute approximate surface area is 120 Å². The smallest absolute Gasteiger partial charge is 0.170 e. The van der Waals surface area contributed by atoms with E-state index in [2.05, 4.69) is 19.1 Å². The van der Waals surface area contributed by atoms with Gasteiger partial charge in [-0.1, -0.05) is 5.46 Å². The van der Waals surface area contributed by atoms with E-state index < -0.39 is 5.82 Å². The van der Waals surface area contributed by atoms with Gasteiger partial charge in [-0.15, -0.1) is 11.8 Å². The van der Waals surface area contributed by atoms with Crippen molar-refractivity contribution < 1.29 is 4.39 Å². The predicted molar refractivity (Wildman–Crippen MR) is 81.0 cm³/mol. The molecule has 0 aliphatic rings. The molecule has 2 aromatic rings. The Balaban J connectivity index is 2.41. The Morgan fingerprint density at radius 2 is 2.26 bits per heavy atom. The van der Waals surface area contributed by atoms with Crippen LogP contribution in [-0.4, -0.2) is 34.9 Å². The van der Waals surface area contributed by atoms with Gasteiger partial charge in [0.2, 0.25) is 0 Å².